The fourth-order valence-corrected chi connectivity index (χ4v) is 3.30. The molecule has 1 N–H and O–H groups in total. The van der Waals surface area contributed by atoms with Crippen molar-refractivity contribution in [2.75, 3.05) is 32.7 Å². The normalized spacial score (nSPS) is 29.0. The molecule has 1 aliphatic rings. The number of rotatable bonds is 5. The van der Waals surface area contributed by atoms with Gasteiger partial charge in [-0.25, -0.2) is 0 Å². The van der Waals surface area contributed by atoms with Crippen molar-refractivity contribution >= 4 is 11.8 Å². The van der Waals surface area contributed by atoms with Crippen molar-refractivity contribution in [2.24, 2.45) is 0 Å². The molecular weight excluding hydrogens is 192 g/mol. The Kier molecular flexibility index (Phi) is 5.60. The molecule has 82 valence electrons. The molecule has 0 aromatic carbocycles. The van der Waals surface area contributed by atoms with E-state index in [1.807, 2.05) is 6.08 Å². The van der Waals surface area contributed by atoms with E-state index in [4.69, 9.17) is 0 Å². The van der Waals surface area contributed by atoms with Crippen molar-refractivity contribution in [3.05, 3.63) is 12.7 Å². The Morgan fingerprint density at radius 3 is 2.64 bits per heavy atom. The highest BCUT2D eigenvalue weighted by Crippen LogP contribution is 2.23. The Morgan fingerprint density at radius 1 is 1.43 bits per heavy atom. The van der Waals surface area contributed by atoms with Crippen molar-refractivity contribution in [1.82, 2.24) is 10.2 Å². The number of thioether (sulfide) groups is 1. The molecule has 0 spiro atoms. The zero-order valence-corrected chi connectivity index (χ0v) is 10.1. The van der Waals surface area contributed by atoms with Gasteiger partial charge in [-0.2, -0.15) is 11.8 Å². The molecule has 1 aliphatic heterocycles. The molecule has 0 radical (unpaired) electrons. The average Bonchev–Trinajstić information content (AvgIpc) is 2.11. The number of nitrogens with one attached hydrogen (secondary N) is 1. The minimum Gasteiger partial charge on any atom is -0.312 e. The summed E-state index contributed by atoms with van der Waals surface area (Å²) in [6.07, 6.45) is 1.91. The molecule has 1 heterocycles. The summed E-state index contributed by atoms with van der Waals surface area (Å²) >= 11 is 2.11. The number of nitrogens with zero attached hydrogens (tertiary/aromatic N) is 1. The lowest BCUT2D eigenvalue weighted by atomic mass is 10.3. The summed E-state index contributed by atoms with van der Waals surface area (Å²) in [5.74, 6) is 0. The molecule has 0 aliphatic carbocycles. The summed E-state index contributed by atoms with van der Waals surface area (Å²) in [6.45, 7) is 14.0. The highest BCUT2D eigenvalue weighted by Gasteiger charge is 2.21. The van der Waals surface area contributed by atoms with E-state index in [0.29, 0.717) is 0 Å². The maximum Gasteiger partial charge on any atom is 0.0149 e. The maximum atomic E-state index is 3.69. The average molecular weight is 214 g/mol. The van der Waals surface area contributed by atoms with E-state index >= 15 is 0 Å². The summed E-state index contributed by atoms with van der Waals surface area (Å²) in [4.78, 5) is 2.56. The van der Waals surface area contributed by atoms with Crippen molar-refractivity contribution in [3.63, 3.8) is 0 Å². The second kappa shape index (κ2) is 6.49. The van der Waals surface area contributed by atoms with Gasteiger partial charge in [0.25, 0.3) is 0 Å². The van der Waals surface area contributed by atoms with Crippen LogP contribution in [0.25, 0.3) is 0 Å². The third-order valence-corrected chi connectivity index (χ3v) is 3.62. The molecule has 0 saturated carbocycles. The first kappa shape index (κ1) is 12.1. The highest BCUT2D eigenvalue weighted by atomic mass is 32.2. The van der Waals surface area contributed by atoms with E-state index in [9.17, 15) is 0 Å². The van der Waals surface area contributed by atoms with Crippen molar-refractivity contribution in [1.29, 1.82) is 0 Å². The van der Waals surface area contributed by atoms with Gasteiger partial charge >= 0.3 is 0 Å². The SMILES string of the molecule is C=CCNCCN1CC(C)SC(C)C1. The first-order valence-corrected chi connectivity index (χ1v) is 6.36. The van der Waals surface area contributed by atoms with Crippen LogP contribution >= 0.6 is 11.8 Å². The predicted molar refractivity (Wildman–Crippen MR) is 66.0 cm³/mol. The summed E-state index contributed by atoms with van der Waals surface area (Å²) in [5.41, 5.74) is 0. The second-order valence-electron chi connectivity index (χ2n) is 4.01. The van der Waals surface area contributed by atoms with Gasteiger partial charge < -0.3 is 5.32 Å². The Morgan fingerprint density at radius 2 is 2.07 bits per heavy atom. The van der Waals surface area contributed by atoms with E-state index in [2.05, 4.69) is 42.4 Å². The number of hydrogen-bond donors (Lipinski definition) is 1. The smallest absolute Gasteiger partial charge is 0.0149 e. The standard InChI is InChI=1S/C11H22N2S/c1-4-5-12-6-7-13-8-10(2)14-11(3)9-13/h4,10-12H,1,5-9H2,2-3H3. The summed E-state index contributed by atoms with van der Waals surface area (Å²) < 4.78 is 0. The van der Waals surface area contributed by atoms with Crippen LogP contribution in [0, 0.1) is 0 Å². The van der Waals surface area contributed by atoms with Gasteiger partial charge in [-0.3, -0.25) is 4.90 Å². The first-order valence-electron chi connectivity index (χ1n) is 5.41. The molecule has 3 heteroatoms. The molecule has 14 heavy (non-hydrogen) atoms. The van der Waals surface area contributed by atoms with Crippen LogP contribution in [0.3, 0.4) is 0 Å². The Hall–Kier alpha value is 0.0100. The van der Waals surface area contributed by atoms with Gasteiger partial charge in [-0.15, -0.1) is 6.58 Å². The highest BCUT2D eigenvalue weighted by molar-refractivity contribution is 8.00. The monoisotopic (exact) mass is 214 g/mol. The molecular formula is C11H22N2S. The molecule has 1 rings (SSSR count). The molecule has 0 bridgehead atoms. The lowest BCUT2D eigenvalue weighted by Gasteiger charge is -2.34. The first-order chi connectivity index (χ1) is 6.72. The summed E-state index contributed by atoms with van der Waals surface area (Å²) in [6, 6.07) is 0. The Labute approximate surface area is 92.1 Å². The molecule has 1 fully saturated rings. The predicted octanol–water partition coefficient (Wildman–Crippen LogP) is 1.59. The number of hydrogen-bond acceptors (Lipinski definition) is 3. The molecule has 0 aromatic heterocycles. The van der Waals surface area contributed by atoms with Gasteiger partial charge in [0.05, 0.1) is 0 Å². The van der Waals surface area contributed by atoms with Crippen LogP contribution in [0.4, 0.5) is 0 Å². The zero-order chi connectivity index (χ0) is 10.4. The topological polar surface area (TPSA) is 15.3 Å². The van der Waals surface area contributed by atoms with Gasteiger partial charge in [0.1, 0.15) is 0 Å². The largest absolute Gasteiger partial charge is 0.312 e. The van der Waals surface area contributed by atoms with Crippen LogP contribution in [0.2, 0.25) is 0 Å². The maximum absolute atomic E-state index is 3.69. The van der Waals surface area contributed by atoms with Crippen molar-refractivity contribution in [2.45, 2.75) is 24.3 Å². The van der Waals surface area contributed by atoms with Gasteiger partial charge in [0.2, 0.25) is 0 Å². The Bertz CT molecular complexity index is 163. The molecule has 0 aromatic rings. The molecule has 1 saturated heterocycles. The van der Waals surface area contributed by atoms with Gasteiger partial charge in [-0.05, 0) is 0 Å². The van der Waals surface area contributed by atoms with E-state index in [-0.39, 0.29) is 0 Å². The van der Waals surface area contributed by atoms with Gasteiger partial charge in [0, 0.05) is 43.2 Å². The third kappa shape index (κ3) is 4.49. The van der Waals surface area contributed by atoms with Crippen LogP contribution in [-0.2, 0) is 0 Å². The summed E-state index contributed by atoms with van der Waals surface area (Å²) in [5, 5.41) is 4.93. The van der Waals surface area contributed by atoms with Gasteiger partial charge in [-0.1, -0.05) is 19.9 Å². The lowest BCUT2D eigenvalue weighted by molar-refractivity contribution is 0.272. The van der Waals surface area contributed by atoms with E-state index in [0.717, 1.165) is 23.6 Å². The van der Waals surface area contributed by atoms with E-state index in [1.54, 1.807) is 0 Å². The quantitative estimate of drug-likeness (QED) is 0.553. The minimum absolute atomic E-state index is 0.790. The second-order valence-corrected chi connectivity index (χ2v) is 5.89. The van der Waals surface area contributed by atoms with Crippen molar-refractivity contribution in [3.8, 4) is 0 Å². The third-order valence-electron chi connectivity index (χ3n) is 2.39. The van der Waals surface area contributed by atoms with Gasteiger partial charge in [0.15, 0.2) is 0 Å². The molecule has 2 unspecified atom stereocenters. The summed E-state index contributed by atoms with van der Waals surface area (Å²) in [7, 11) is 0. The van der Waals surface area contributed by atoms with Crippen molar-refractivity contribution < 1.29 is 0 Å². The van der Waals surface area contributed by atoms with Crippen LogP contribution < -0.4 is 5.32 Å². The van der Waals surface area contributed by atoms with Crippen LogP contribution in [-0.4, -0.2) is 48.1 Å². The molecule has 2 nitrogen and oxygen atoms in total. The lowest BCUT2D eigenvalue weighted by Crippen LogP contribution is -2.43. The van der Waals surface area contributed by atoms with E-state index < -0.39 is 0 Å². The molecule has 2 atom stereocenters. The Balaban J connectivity index is 2.13. The van der Waals surface area contributed by atoms with Crippen LogP contribution in [0.1, 0.15) is 13.8 Å². The fraction of sp³-hybridized carbons (Fsp3) is 0.818. The fourth-order valence-electron chi connectivity index (χ4n) is 1.91. The van der Waals surface area contributed by atoms with Crippen LogP contribution in [0.15, 0.2) is 12.7 Å². The van der Waals surface area contributed by atoms with Crippen LogP contribution in [0.5, 0.6) is 0 Å². The zero-order valence-electron chi connectivity index (χ0n) is 9.33. The minimum atomic E-state index is 0.790. The molecule has 0 amide bonds. The van der Waals surface area contributed by atoms with E-state index in [1.165, 1.54) is 19.6 Å².